The van der Waals surface area contributed by atoms with Crippen LogP contribution in [0.25, 0.3) is 0 Å². The van der Waals surface area contributed by atoms with E-state index in [0.717, 1.165) is 43.9 Å². The number of pyridine rings is 3. The molecule has 0 radical (unpaired) electrons. The van der Waals surface area contributed by atoms with Crippen LogP contribution in [-0.4, -0.2) is 103 Å². The second kappa shape index (κ2) is 13.8. The summed E-state index contributed by atoms with van der Waals surface area (Å²) in [5, 5.41) is 3.42. The molecule has 3 heterocycles. The van der Waals surface area contributed by atoms with Crippen LogP contribution in [0, 0.1) is 0 Å². The van der Waals surface area contributed by atoms with Crippen molar-refractivity contribution in [3.63, 3.8) is 0 Å². The lowest BCUT2D eigenvalue weighted by Gasteiger charge is -2.30. The van der Waals surface area contributed by atoms with Gasteiger partial charge in [0.15, 0.2) is 0 Å². The fourth-order valence-electron chi connectivity index (χ4n) is 5.13. The van der Waals surface area contributed by atoms with Crippen LogP contribution in [0.4, 0.5) is 17.1 Å². The SMILES string of the molecule is CN(C)C1(CNc2cccnc2)CC1.CN(CC1(N(C)C)CC1)c1cccnc1.CN(CC1(N)CC1)c1cccnc1. The first-order valence-corrected chi connectivity index (χ1v) is 15.1. The van der Waals surface area contributed by atoms with E-state index in [4.69, 9.17) is 5.73 Å². The standard InChI is InChI=1S/C12H19N3.C11H17N3.C10H15N3/c1-14(2)12(6-7-12)10-15(3)11-5-4-8-13-9-11;1-14(2)11(5-6-11)9-13-10-4-3-7-12-8-10;1-13(8-10(11)4-5-10)9-3-2-6-12-7-9/h4-5,8-9H,6-7,10H2,1-3H3;3-4,7-8,13H,5-6,9H2,1-2H3;2-3,6-7H,4-5,8,11H2,1H3. The van der Waals surface area contributed by atoms with Crippen molar-refractivity contribution in [3.05, 3.63) is 73.6 Å². The normalized spacial score (nSPS) is 18.1. The van der Waals surface area contributed by atoms with Crippen LogP contribution in [0.3, 0.4) is 0 Å². The Labute approximate surface area is 253 Å². The molecule has 9 nitrogen and oxygen atoms in total. The van der Waals surface area contributed by atoms with Crippen LogP contribution in [0.15, 0.2) is 73.6 Å². The highest BCUT2D eigenvalue weighted by Gasteiger charge is 2.46. The molecule has 3 aromatic heterocycles. The van der Waals surface area contributed by atoms with E-state index >= 15 is 0 Å². The van der Waals surface area contributed by atoms with Crippen molar-refractivity contribution >= 4 is 17.1 Å². The molecule has 3 saturated carbocycles. The molecule has 0 amide bonds. The highest BCUT2D eigenvalue weighted by molar-refractivity contribution is 5.44. The number of hydrogen-bond acceptors (Lipinski definition) is 9. The van der Waals surface area contributed by atoms with Crippen LogP contribution >= 0.6 is 0 Å². The number of nitrogens with one attached hydrogen (secondary N) is 1. The summed E-state index contributed by atoms with van der Waals surface area (Å²) < 4.78 is 0. The fraction of sp³-hybridized carbons (Fsp3) is 0.545. The highest BCUT2D eigenvalue weighted by Crippen LogP contribution is 2.41. The maximum absolute atomic E-state index is 6.02. The van der Waals surface area contributed by atoms with Crippen molar-refractivity contribution in [3.8, 4) is 0 Å². The summed E-state index contributed by atoms with van der Waals surface area (Å²) in [4.78, 5) is 21.4. The largest absolute Gasteiger partial charge is 0.382 e. The van der Waals surface area contributed by atoms with Crippen molar-refractivity contribution in [2.75, 3.05) is 77.0 Å². The Hall–Kier alpha value is -3.27. The molecule has 0 spiro atoms. The Balaban J connectivity index is 0.000000145. The number of anilines is 3. The van der Waals surface area contributed by atoms with Gasteiger partial charge in [-0.3, -0.25) is 15.0 Å². The molecule has 3 N–H and O–H groups in total. The third kappa shape index (κ3) is 9.11. The van der Waals surface area contributed by atoms with Gasteiger partial charge in [0.25, 0.3) is 0 Å². The number of rotatable bonds is 11. The van der Waals surface area contributed by atoms with E-state index in [9.17, 15) is 0 Å². The molecule has 0 atom stereocenters. The van der Waals surface area contributed by atoms with E-state index in [2.05, 4.69) is 100 Å². The first kappa shape index (κ1) is 31.7. The zero-order chi connectivity index (χ0) is 30.2. The van der Waals surface area contributed by atoms with Gasteiger partial charge >= 0.3 is 0 Å². The maximum Gasteiger partial charge on any atom is 0.0550 e. The summed E-state index contributed by atoms with van der Waals surface area (Å²) in [5.41, 5.74) is 10.4. The number of aromatic nitrogens is 3. The maximum atomic E-state index is 6.02. The van der Waals surface area contributed by atoms with Gasteiger partial charge in [-0.15, -0.1) is 0 Å². The summed E-state index contributed by atoms with van der Waals surface area (Å²) in [7, 11) is 12.8. The van der Waals surface area contributed by atoms with Crippen LogP contribution < -0.4 is 20.9 Å². The number of hydrogen-bond donors (Lipinski definition) is 2. The van der Waals surface area contributed by atoms with Crippen molar-refractivity contribution in [2.24, 2.45) is 5.73 Å². The number of nitrogens with two attached hydrogens (primary N) is 1. The Bertz CT molecular complexity index is 1190. The van der Waals surface area contributed by atoms with Gasteiger partial charge in [-0.2, -0.15) is 0 Å². The molecule has 9 heteroatoms. The van der Waals surface area contributed by atoms with Gasteiger partial charge in [0.1, 0.15) is 0 Å². The van der Waals surface area contributed by atoms with E-state index in [1.807, 2.05) is 43.0 Å². The van der Waals surface area contributed by atoms with Gasteiger partial charge in [-0.05, 0) is 103 Å². The first-order valence-electron chi connectivity index (χ1n) is 15.1. The second-order valence-corrected chi connectivity index (χ2v) is 12.8. The van der Waals surface area contributed by atoms with E-state index < -0.39 is 0 Å². The minimum atomic E-state index is 0.0740. The van der Waals surface area contributed by atoms with Crippen LogP contribution in [-0.2, 0) is 0 Å². The van der Waals surface area contributed by atoms with Gasteiger partial charge in [-0.25, -0.2) is 0 Å². The molecule has 42 heavy (non-hydrogen) atoms. The van der Waals surface area contributed by atoms with Gasteiger partial charge in [0.05, 0.1) is 29.5 Å². The smallest absolute Gasteiger partial charge is 0.0550 e. The molecule has 0 bridgehead atoms. The van der Waals surface area contributed by atoms with E-state index in [1.54, 1.807) is 12.4 Å². The molecule has 0 aromatic carbocycles. The molecule has 3 aliphatic carbocycles. The molecule has 3 fully saturated rings. The third-order valence-corrected chi connectivity index (χ3v) is 8.98. The molecule has 3 aromatic rings. The highest BCUT2D eigenvalue weighted by atomic mass is 15.2. The fourth-order valence-corrected chi connectivity index (χ4v) is 5.13. The lowest BCUT2D eigenvalue weighted by Crippen LogP contribution is -2.41. The number of nitrogens with zero attached hydrogens (tertiary/aromatic N) is 7. The van der Waals surface area contributed by atoms with Gasteiger partial charge in [-0.1, -0.05) is 0 Å². The summed E-state index contributed by atoms with van der Waals surface area (Å²) in [6.07, 6.45) is 18.6. The van der Waals surface area contributed by atoms with Crippen molar-refractivity contribution in [1.29, 1.82) is 0 Å². The molecule has 0 unspecified atom stereocenters. The molecule has 228 valence electrons. The zero-order valence-corrected chi connectivity index (χ0v) is 26.5. The Morgan fingerprint density at radius 3 is 1.50 bits per heavy atom. The lowest BCUT2D eigenvalue weighted by atomic mass is 10.2. The van der Waals surface area contributed by atoms with Gasteiger partial charge in [0.2, 0.25) is 0 Å². The van der Waals surface area contributed by atoms with Crippen molar-refractivity contribution < 1.29 is 0 Å². The van der Waals surface area contributed by atoms with Crippen LogP contribution in [0.2, 0.25) is 0 Å². The average molecular weight is 574 g/mol. The van der Waals surface area contributed by atoms with Crippen molar-refractivity contribution in [1.82, 2.24) is 24.8 Å². The Morgan fingerprint density at radius 1 is 0.643 bits per heavy atom. The van der Waals surface area contributed by atoms with Gasteiger partial charge < -0.3 is 30.7 Å². The number of likely N-dealkylation sites (N-methyl/N-ethyl adjacent to an activating group) is 4. The summed E-state index contributed by atoms with van der Waals surface area (Å²) in [6, 6.07) is 12.1. The van der Waals surface area contributed by atoms with Crippen LogP contribution in [0.1, 0.15) is 38.5 Å². The Kier molecular flexibility index (Phi) is 10.4. The van der Waals surface area contributed by atoms with E-state index in [0.29, 0.717) is 11.1 Å². The topological polar surface area (TPSA) is 89.7 Å². The van der Waals surface area contributed by atoms with E-state index in [-0.39, 0.29) is 5.54 Å². The first-order chi connectivity index (χ1) is 20.1. The lowest BCUT2D eigenvalue weighted by molar-refractivity contribution is 0.276. The summed E-state index contributed by atoms with van der Waals surface area (Å²) in [6.45, 7) is 3.04. The molecule has 3 aliphatic rings. The van der Waals surface area contributed by atoms with E-state index in [1.165, 1.54) is 31.4 Å². The zero-order valence-electron chi connectivity index (χ0n) is 26.5. The van der Waals surface area contributed by atoms with Gasteiger partial charge in [0, 0.05) is 75.1 Å². The molecule has 0 aliphatic heterocycles. The van der Waals surface area contributed by atoms with Crippen LogP contribution in [0.5, 0.6) is 0 Å². The third-order valence-electron chi connectivity index (χ3n) is 8.98. The average Bonchev–Trinajstić information content (AvgIpc) is 3.90. The predicted molar refractivity (Wildman–Crippen MR) is 175 cm³/mol. The minimum Gasteiger partial charge on any atom is -0.382 e. The monoisotopic (exact) mass is 573 g/mol. The Morgan fingerprint density at radius 2 is 1.12 bits per heavy atom. The minimum absolute atomic E-state index is 0.0740. The van der Waals surface area contributed by atoms with Crippen molar-refractivity contribution in [2.45, 2.75) is 55.1 Å². The second-order valence-electron chi connectivity index (χ2n) is 12.8. The summed E-state index contributed by atoms with van der Waals surface area (Å²) >= 11 is 0. The quantitative estimate of drug-likeness (QED) is 0.350. The molecular weight excluding hydrogens is 522 g/mol. The molecule has 0 saturated heterocycles. The predicted octanol–water partition coefficient (Wildman–Crippen LogP) is 4.21. The summed E-state index contributed by atoms with van der Waals surface area (Å²) in [5.74, 6) is 0. The molecular formula is C33H51N9. The molecule has 6 rings (SSSR count).